The van der Waals surface area contributed by atoms with Gasteiger partial charge in [-0.15, -0.1) is 0 Å². The number of amides is 1. The second-order valence-electron chi connectivity index (χ2n) is 5.03. The Morgan fingerprint density at radius 3 is 1.74 bits per heavy atom. The van der Waals surface area contributed by atoms with Crippen molar-refractivity contribution < 1.29 is 4.79 Å². The van der Waals surface area contributed by atoms with E-state index in [-0.39, 0.29) is 5.91 Å². The van der Waals surface area contributed by atoms with Crippen LogP contribution in [0.5, 0.6) is 0 Å². The molecule has 2 rings (SSSR count). The summed E-state index contributed by atoms with van der Waals surface area (Å²) in [4.78, 5) is 11.2. The van der Waals surface area contributed by atoms with Crippen molar-refractivity contribution in [2.24, 2.45) is 5.73 Å². The summed E-state index contributed by atoms with van der Waals surface area (Å²) < 4.78 is 0. The monoisotopic (exact) mass is 273 g/mol. The molecule has 0 radical (unpaired) electrons. The van der Waals surface area contributed by atoms with Crippen LogP contribution in [0.4, 0.5) is 0 Å². The Morgan fingerprint density at radius 2 is 1.37 bits per heavy atom. The van der Waals surface area contributed by atoms with Crippen LogP contribution >= 0.6 is 7.26 Å². The van der Waals surface area contributed by atoms with Gasteiger partial charge in [-0.3, -0.25) is 0 Å². The molecule has 0 fully saturated rings. The molecule has 0 saturated heterocycles. The van der Waals surface area contributed by atoms with Crippen LogP contribution in [-0.2, 0) is 4.79 Å². The van der Waals surface area contributed by atoms with E-state index < -0.39 is 7.26 Å². The van der Waals surface area contributed by atoms with E-state index in [1.54, 1.807) is 0 Å². The number of nitrogens with two attached hydrogens (primary N) is 1. The number of carbonyl (C=O) groups excluding carboxylic acids is 1. The van der Waals surface area contributed by atoms with Gasteiger partial charge in [0.05, 0.1) is 0 Å². The fourth-order valence-electron chi connectivity index (χ4n) is 2.44. The predicted octanol–water partition coefficient (Wildman–Crippen LogP) is 1.89. The van der Waals surface area contributed by atoms with Crippen molar-refractivity contribution in [1.29, 1.82) is 0 Å². The predicted molar refractivity (Wildman–Crippen MR) is 85.1 cm³/mol. The first kappa shape index (κ1) is 13.8. The minimum atomic E-state index is -1.87. The second-order valence-corrected chi connectivity index (χ2v) is 9.35. The summed E-state index contributed by atoms with van der Waals surface area (Å²) in [6.45, 7) is 2.31. The van der Waals surface area contributed by atoms with Gasteiger partial charge in [-0.2, -0.15) is 0 Å². The van der Waals surface area contributed by atoms with E-state index in [4.69, 9.17) is 5.73 Å². The molecule has 0 aliphatic heterocycles. The maximum absolute atomic E-state index is 11.2. The van der Waals surface area contributed by atoms with Gasteiger partial charge in [0.25, 0.3) is 0 Å². The zero-order chi connectivity index (χ0) is 13.7. The van der Waals surface area contributed by atoms with Crippen LogP contribution in [0, 0.1) is 0 Å². The van der Waals surface area contributed by atoms with Crippen molar-refractivity contribution in [3.8, 4) is 0 Å². The van der Waals surface area contributed by atoms with Gasteiger partial charge in [-0.1, -0.05) is 0 Å². The van der Waals surface area contributed by atoms with Crippen LogP contribution < -0.4 is 16.3 Å². The number of carbonyl (C=O) groups is 1. The molecule has 0 aliphatic carbocycles. The zero-order valence-corrected chi connectivity index (χ0v) is 12.2. The summed E-state index contributed by atoms with van der Waals surface area (Å²) in [5.41, 5.74) is 5.34. The van der Waals surface area contributed by atoms with Crippen molar-refractivity contribution in [1.82, 2.24) is 0 Å². The van der Waals surface area contributed by atoms with Crippen molar-refractivity contribution in [2.75, 3.05) is 12.8 Å². The Hall–Kier alpha value is -1.66. The molecule has 0 atom stereocenters. The Balaban J connectivity index is 2.41. The van der Waals surface area contributed by atoms with Gasteiger partial charge in [-0.25, -0.2) is 0 Å². The molecular formula is C16H20NOP. The van der Waals surface area contributed by atoms with Crippen LogP contribution in [0.3, 0.4) is 0 Å². The van der Waals surface area contributed by atoms with Crippen molar-refractivity contribution in [2.45, 2.75) is 6.42 Å². The SMILES string of the molecule is C[PH](CCC(N)=O)(c1ccccc1)c1ccccc1. The van der Waals surface area contributed by atoms with E-state index >= 15 is 0 Å². The molecule has 3 heteroatoms. The number of primary amides is 1. The Kier molecular flexibility index (Phi) is 4.34. The van der Waals surface area contributed by atoms with E-state index in [2.05, 4.69) is 55.2 Å². The normalized spacial score (nSPS) is 12.1. The summed E-state index contributed by atoms with van der Waals surface area (Å²) >= 11 is 0. The fourth-order valence-corrected chi connectivity index (χ4v) is 5.95. The van der Waals surface area contributed by atoms with E-state index in [9.17, 15) is 4.79 Å². The topological polar surface area (TPSA) is 43.1 Å². The Bertz CT molecular complexity index is 500. The summed E-state index contributed by atoms with van der Waals surface area (Å²) in [6.07, 6.45) is 1.31. The maximum atomic E-state index is 11.2. The van der Waals surface area contributed by atoms with Gasteiger partial charge in [0.2, 0.25) is 0 Å². The first-order valence-electron chi connectivity index (χ1n) is 6.52. The van der Waals surface area contributed by atoms with Gasteiger partial charge in [0.1, 0.15) is 0 Å². The average molecular weight is 273 g/mol. The standard InChI is InChI=1S/C16H20NOP/c1-19(13-12-16(17)18,14-8-4-2-5-9-14)15-10-6-3-7-11-15/h2-11,19H,12-13H2,1H3,(H2,17,18). The third kappa shape index (κ3) is 3.21. The molecule has 0 bridgehead atoms. The van der Waals surface area contributed by atoms with Crippen molar-refractivity contribution in [3.63, 3.8) is 0 Å². The molecule has 2 N–H and O–H groups in total. The second kappa shape index (κ2) is 5.99. The average Bonchev–Trinajstić information content (AvgIpc) is 2.46. The van der Waals surface area contributed by atoms with Gasteiger partial charge in [-0.05, 0) is 0 Å². The summed E-state index contributed by atoms with van der Waals surface area (Å²) in [5.74, 6) is -0.217. The summed E-state index contributed by atoms with van der Waals surface area (Å²) in [6, 6.07) is 21.0. The zero-order valence-electron chi connectivity index (χ0n) is 11.2. The molecule has 19 heavy (non-hydrogen) atoms. The quantitative estimate of drug-likeness (QED) is 0.831. The molecule has 0 spiro atoms. The molecule has 2 nitrogen and oxygen atoms in total. The molecule has 0 unspecified atom stereocenters. The van der Waals surface area contributed by atoms with Crippen LogP contribution in [0.2, 0.25) is 0 Å². The van der Waals surface area contributed by atoms with E-state index in [0.717, 1.165) is 6.16 Å². The number of hydrogen-bond donors (Lipinski definition) is 1. The summed E-state index contributed by atoms with van der Waals surface area (Å²) in [5, 5.41) is 2.70. The summed E-state index contributed by atoms with van der Waals surface area (Å²) in [7, 11) is -1.87. The third-order valence-corrected chi connectivity index (χ3v) is 8.16. The fraction of sp³-hybridized carbons (Fsp3) is 0.188. The number of benzene rings is 2. The van der Waals surface area contributed by atoms with E-state index in [1.165, 1.54) is 10.6 Å². The van der Waals surface area contributed by atoms with Gasteiger partial charge in [0.15, 0.2) is 0 Å². The van der Waals surface area contributed by atoms with Gasteiger partial charge < -0.3 is 0 Å². The Labute approximate surface area is 115 Å². The first-order chi connectivity index (χ1) is 9.13. The molecular weight excluding hydrogens is 253 g/mol. The van der Waals surface area contributed by atoms with Crippen molar-refractivity contribution >= 4 is 23.8 Å². The van der Waals surface area contributed by atoms with Crippen LogP contribution in [-0.4, -0.2) is 18.7 Å². The first-order valence-corrected chi connectivity index (χ1v) is 9.23. The molecule has 100 valence electrons. The van der Waals surface area contributed by atoms with Crippen molar-refractivity contribution in [3.05, 3.63) is 60.7 Å². The molecule has 0 aliphatic rings. The van der Waals surface area contributed by atoms with Crippen LogP contribution in [0.1, 0.15) is 6.42 Å². The number of rotatable bonds is 5. The molecule has 0 aromatic heterocycles. The van der Waals surface area contributed by atoms with Crippen LogP contribution in [0.15, 0.2) is 60.7 Å². The van der Waals surface area contributed by atoms with E-state index in [1.807, 2.05) is 12.1 Å². The molecule has 0 saturated carbocycles. The minimum absolute atomic E-state index is 0.217. The van der Waals surface area contributed by atoms with Gasteiger partial charge >= 0.3 is 114 Å². The molecule has 0 heterocycles. The number of hydrogen-bond acceptors (Lipinski definition) is 1. The molecule has 2 aromatic rings. The molecule has 2 aromatic carbocycles. The molecule has 1 amide bonds. The van der Waals surface area contributed by atoms with E-state index in [0.29, 0.717) is 6.42 Å². The van der Waals surface area contributed by atoms with Gasteiger partial charge in [0, 0.05) is 0 Å². The Morgan fingerprint density at radius 1 is 0.947 bits per heavy atom. The third-order valence-electron chi connectivity index (χ3n) is 3.69. The van der Waals surface area contributed by atoms with Crippen LogP contribution in [0.25, 0.3) is 0 Å².